The highest BCUT2D eigenvalue weighted by molar-refractivity contribution is 6.03. The maximum absolute atomic E-state index is 12.2. The second-order valence-electron chi connectivity index (χ2n) is 7.01. The fraction of sp³-hybridized carbons (Fsp3) is 0.636. The SMILES string of the molecule is CCCCCCCCCCNc1ccc(C(=O)OC)c(N(C)C(=O)COC)c1. The monoisotopic (exact) mass is 392 g/mol. The Hall–Kier alpha value is -2.08. The van der Waals surface area contributed by atoms with E-state index in [2.05, 4.69) is 12.2 Å². The van der Waals surface area contributed by atoms with E-state index in [-0.39, 0.29) is 12.5 Å². The predicted octanol–water partition coefficient (Wildman–Crippen LogP) is 4.64. The van der Waals surface area contributed by atoms with Crippen molar-refractivity contribution in [3.05, 3.63) is 23.8 Å². The Labute approximate surface area is 169 Å². The number of likely N-dealkylation sites (N-methyl/N-ethyl adjacent to an activating group) is 1. The molecule has 0 fully saturated rings. The van der Waals surface area contributed by atoms with Crippen LogP contribution in [0.15, 0.2) is 18.2 Å². The van der Waals surface area contributed by atoms with E-state index in [9.17, 15) is 9.59 Å². The van der Waals surface area contributed by atoms with E-state index in [1.165, 1.54) is 64.1 Å². The van der Waals surface area contributed by atoms with E-state index >= 15 is 0 Å². The fourth-order valence-corrected chi connectivity index (χ4v) is 3.05. The molecule has 0 unspecified atom stereocenters. The molecule has 6 heteroatoms. The maximum atomic E-state index is 12.2. The van der Waals surface area contributed by atoms with E-state index in [0.29, 0.717) is 11.3 Å². The number of unbranched alkanes of at least 4 members (excludes halogenated alkanes) is 7. The molecule has 0 bridgehead atoms. The number of esters is 1. The third-order valence-electron chi connectivity index (χ3n) is 4.77. The molecular formula is C22H36N2O4. The lowest BCUT2D eigenvalue weighted by molar-refractivity contribution is -0.121. The molecule has 0 atom stereocenters. The van der Waals surface area contributed by atoms with Crippen LogP contribution in [0.5, 0.6) is 0 Å². The van der Waals surface area contributed by atoms with Crippen LogP contribution in [0, 0.1) is 0 Å². The maximum Gasteiger partial charge on any atom is 0.339 e. The van der Waals surface area contributed by atoms with Gasteiger partial charge in [0, 0.05) is 26.4 Å². The average molecular weight is 393 g/mol. The van der Waals surface area contributed by atoms with Crippen molar-refractivity contribution in [2.75, 3.05) is 44.6 Å². The van der Waals surface area contributed by atoms with E-state index in [0.717, 1.165) is 18.7 Å². The molecule has 6 nitrogen and oxygen atoms in total. The van der Waals surface area contributed by atoms with Gasteiger partial charge in [-0.3, -0.25) is 4.79 Å². The molecule has 0 saturated heterocycles. The van der Waals surface area contributed by atoms with Gasteiger partial charge in [-0.25, -0.2) is 4.79 Å². The topological polar surface area (TPSA) is 67.9 Å². The molecule has 28 heavy (non-hydrogen) atoms. The summed E-state index contributed by atoms with van der Waals surface area (Å²) in [5.74, 6) is -0.699. The zero-order valence-electron chi connectivity index (χ0n) is 17.9. The predicted molar refractivity (Wildman–Crippen MR) is 114 cm³/mol. The minimum atomic E-state index is -0.471. The molecule has 0 saturated carbocycles. The van der Waals surface area contributed by atoms with Crippen LogP contribution in [0.4, 0.5) is 11.4 Å². The zero-order chi connectivity index (χ0) is 20.8. The van der Waals surface area contributed by atoms with Gasteiger partial charge in [-0.1, -0.05) is 51.9 Å². The van der Waals surface area contributed by atoms with Crippen molar-refractivity contribution in [3.8, 4) is 0 Å². The summed E-state index contributed by atoms with van der Waals surface area (Å²) in [7, 11) is 4.43. The normalized spacial score (nSPS) is 10.6. The number of nitrogens with zero attached hydrogens (tertiary/aromatic N) is 1. The van der Waals surface area contributed by atoms with Crippen LogP contribution in [0.1, 0.15) is 68.6 Å². The highest BCUT2D eigenvalue weighted by Crippen LogP contribution is 2.25. The summed E-state index contributed by atoms with van der Waals surface area (Å²) in [6.45, 7) is 3.05. The van der Waals surface area contributed by atoms with Gasteiger partial charge in [-0.15, -0.1) is 0 Å². The number of ether oxygens (including phenoxy) is 2. The number of rotatable bonds is 14. The molecule has 0 heterocycles. The van der Waals surface area contributed by atoms with Gasteiger partial charge in [0.25, 0.3) is 5.91 Å². The highest BCUT2D eigenvalue weighted by atomic mass is 16.5. The molecule has 158 valence electrons. The number of nitrogens with one attached hydrogen (secondary N) is 1. The second-order valence-corrected chi connectivity index (χ2v) is 7.01. The van der Waals surface area contributed by atoms with Crippen molar-refractivity contribution < 1.29 is 19.1 Å². The summed E-state index contributed by atoms with van der Waals surface area (Å²) in [5, 5.41) is 3.38. The lowest BCUT2D eigenvalue weighted by atomic mass is 10.1. The third-order valence-corrected chi connectivity index (χ3v) is 4.77. The number of anilines is 2. The lowest BCUT2D eigenvalue weighted by Crippen LogP contribution is -2.31. The number of hydrogen-bond acceptors (Lipinski definition) is 5. The van der Waals surface area contributed by atoms with E-state index in [1.807, 2.05) is 12.1 Å². The summed E-state index contributed by atoms with van der Waals surface area (Å²) in [6.07, 6.45) is 10.2. The molecule has 0 aromatic heterocycles. The average Bonchev–Trinajstić information content (AvgIpc) is 2.71. The van der Waals surface area contributed by atoms with Crippen molar-refractivity contribution in [1.82, 2.24) is 0 Å². The van der Waals surface area contributed by atoms with Gasteiger partial charge in [0.2, 0.25) is 0 Å². The van der Waals surface area contributed by atoms with Gasteiger partial charge < -0.3 is 19.7 Å². The molecule has 1 rings (SSSR count). The van der Waals surface area contributed by atoms with Crippen LogP contribution in [0.3, 0.4) is 0 Å². The van der Waals surface area contributed by atoms with Crippen molar-refractivity contribution in [2.45, 2.75) is 58.3 Å². The summed E-state index contributed by atoms with van der Waals surface area (Å²) in [4.78, 5) is 25.6. The quantitative estimate of drug-likeness (QED) is 0.369. The second kappa shape index (κ2) is 14.0. The highest BCUT2D eigenvalue weighted by Gasteiger charge is 2.19. The molecule has 0 radical (unpaired) electrons. The molecule has 1 amide bonds. The number of carbonyl (C=O) groups excluding carboxylic acids is 2. The zero-order valence-corrected chi connectivity index (χ0v) is 17.9. The molecule has 0 aliphatic carbocycles. The Kier molecular flexibility index (Phi) is 12.0. The molecule has 1 aromatic carbocycles. The Morgan fingerprint density at radius 3 is 2.25 bits per heavy atom. The van der Waals surface area contributed by atoms with Gasteiger partial charge >= 0.3 is 5.97 Å². The molecule has 1 aromatic rings. The van der Waals surface area contributed by atoms with Crippen molar-refractivity contribution in [2.24, 2.45) is 0 Å². The number of methoxy groups -OCH3 is 2. The van der Waals surface area contributed by atoms with Crippen LogP contribution in [-0.2, 0) is 14.3 Å². The van der Waals surface area contributed by atoms with Crippen LogP contribution < -0.4 is 10.2 Å². The fourth-order valence-electron chi connectivity index (χ4n) is 3.05. The molecule has 1 N–H and O–H groups in total. The summed E-state index contributed by atoms with van der Waals surface area (Å²) >= 11 is 0. The molecular weight excluding hydrogens is 356 g/mol. The van der Waals surface area contributed by atoms with E-state index < -0.39 is 5.97 Å². The first-order chi connectivity index (χ1) is 13.5. The van der Waals surface area contributed by atoms with Crippen molar-refractivity contribution >= 4 is 23.3 Å². The Bertz CT molecular complexity index is 604. The van der Waals surface area contributed by atoms with Gasteiger partial charge in [-0.2, -0.15) is 0 Å². The summed E-state index contributed by atoms with van der Waals surface area (Å²) in [6, 6.07) is 5.34. The van der Waals surface area contributed by atoms with E-state index in [4.69, 9.17) is 9.47 Å². The van der Waals surface area contributed by atoms with Crippen LogP contribution >= 0.6 is 0 Å². The standard InChI is InChI=1S/C22H36N2O4/c1-5-6-7-8-9-10-11-12-15-23-18-13-14-19(22(26)28-4)20(16-18)24(2)21(25)17-27-3/h13-14,16,23H,5-12,15,17H2,1-4H3. The van der Waals surface area contributed by atoms with Gasteiger partial charge in [0.05, 0.1) is 18.4 Å². The first-order valence-electron chi connectivity index (χ1n) is 10.3. The van der Waals surface area contributed by atoms with Crippen LogP contribution in [0.2, 0.25) is 0 Å². The van der Waals surface area contributed by atoms with Gasteiger partial charge in [-0.05, 0) is 24.6 Å². The summed E-state index contributed by atoms with van der Waals surface area (Å²) < 4.78 is 9.75. The number of amides is 1. The smallest absolute Gasteiger partial charge is 0.339 e. The first-order valence-corrected chi connectivity index (χ1v) is 10.3. The minimum absolute atomic E-state index is 0.0486. The van der Waals surface area contributed by atoms with Gasteiger partial charge in [0.1, 0.15) is 6.61 Å². The first kappa shape index (κ1) is 24.0. The van der Waals surface area contributed by atoms with E-state index in [1.54, 1.807) is 13.1 Å². The Morgan fingerprint density at radius 1 is 1.00 bits per heavy atom. The number of benzene rings is 1. The Morgan fingerprint density at radius 2 is 1.64 bits per heavy atom. The Balaban J connectivity index is 2.59. The third kappa shape index (κ3) is 8.30. The minimum Gasteiger partial charge on any atom is -0.465 e. The lowest BCUT2D eigenvalue weighted by Gasteiger charge is -2.21. The van der Waals surface area contributed by atoms with Crippen LogP contribution in [0.25, 0.3) is 0 Å². The van der Waals surface area contributed by atoms with Gasteiger partial charge in [0.15, 0.2) is 0 Å². The molecule has 0 spiro atoms. The number of hydrogen-bond donors (Lipinski definition) is 1. The molecule has 0 aliphatic heterocycles. The largest absolute Gasteiger partial charge is 0.465 e. The van der Waals surface area contributed by atoms with Crippen molar-refractivity contribution in [1.29, 1.82) is 0 Å². The van der Waals surface area contributed by atoms with Crippen molar-refractivity contribution in [3.63, 3.8) is 0 Å². The molecule has 0 aliphatic rings. The number of carbonyl (C=O) groups is 2. The summed E-state index contributed by atoms with van der Waals surface area (Å²) in [5.41, 5.74) is 1.74. The van der Waals surface area contributed by atoms with Crippen LogP contribution in [-0.4, -0.2) is 46.3 Å².